The SMILES string of the molecule is COc1ccc2c(c1)C(NC(=O)c1cc(N3CCOCC3)no1)CC(C)(C)O2. The Balaban J connectivity index is 1.53. The fraction of sp³-hybridized carbons (Fsp3) is 0.500. The average molecular weight is 387 g/mol. The van der Waals surface area contributed by atoms with E-state index in [1.165, 1.54) is 0 Å². The molecule has 1 N–H and O–H groups in total. The van der Waals surface area contributed by atoms with Crippen molar-refractivity contribution < 1.29 is 23.5 Å². The molecule has 8 nitrogen and oxygen atoms in total. The van der Waals surface area contributed by atoms with Gasteiger partial charge < -0.3 is 29.0 Å². The Morgan fingerprint density at radius 1 is 1.29 bits per heavy atom. The van der Waals surface area contributed by atoms with E-state index in [9.17, 15) is 4.79 Å². The number of ether oxygens (including phenoxy) is 3. The number of carbonyl (C=O) groups is 1. The zero-order valence-corrected chi connectivity index (χ0v) is 16.4. The molecule has 1 atom stereocenters. The van der Waals surface area contributed by atoms with Crippen molar-refractivity contribution in [3.63, 3.8) is 0 Å². The van der Waals surface area contributed by atoms with Crippen LogP contribution in [0.15, 0.2) is 28.8 Å². The van der Waals surface area contributed by atoms with Crippen LogP contribution in [0.3, 0.4) is 0 Å². The van der Waals surface area contributed by atoms with E-state index in [-0.39, 0.29) is 17.7 Å². The van der Waals surface area contributed by atoms with Crippen molar-refractivity contribution in [2.75, 3.05) is 38.3 Å². The van der Waals surface area contributed by atoms with E-state index in [1.807, 2.05) is 36.9 Å². The second kappa shape index (κ2) is 7.35. The van der Waals surface area contributed by atoms with Crippen molar-refractivity contribution in [3.8, 4) is 11.5 Å². The number of rotatable bonds is 4. The Morgan fingerprint density at radius 3 is 2.82 bits per heavy atom. The quantitative estimate of drug-likeness (QED) is 0.863. The van der Waals surface area contributed by atoms with Crippen LogP contribution in [0.1, 0.15) is 42.4 Å². The van der Waals surface area contributed by atoms with Gasteiger partial charge in [-0.15, -0.1) is 0 Å². The van der Waals surface area contributed by atoms with Crippen molar-refractivity contribution in [1.29, 1.82) is 0 Å². The van der Waals surface area contributed by atoms with Crippen LogP contribution in [0, 0.1) is 0 Å². The first kappa shape index (κ1) is 18.6. The fourth-order valence-electron chi connectivity index (χ4n) is 3.63. The topological polar surface area (TPSA) is 86.1 Å². The summed E-state index contributed by atoms with van der Waals surface area (Å²) in [4.78, 5) is 14.9. The summed E-state index contributed by atoms with van der Waals surface area (Å²) in [5.74, 6) is 2.01. The van der Waals surface area contributed by atoms with Gasteiger partial charge in [0.25, 0.3) is 5.91 Å². The Labute approximate surface area is 163 Å². The van der Waals surface area contributed by atoms with Gasteiger partial charge in [0.2, 0.25) is 5.76 Å². The number of morpholine rings is 1. The van der Waals surface area contributed by atoms with Gasteiger partial charge >= 0.3 is 0 Å². The Hall–Kier alpha value is -2.74. The summed E-state index contributed by atoms with van der Waals surface area (Å²) in [7, 11) is 1.62. The molecule has 0 saturated carbocycles. The molecule has 1 amide bonds. The zero-order valence-electron chi connectivity index (χ0n) is 16.4. The average Bonchev–Trinajstić information content (AvgIpc) is 3.18. The maximum Gasteiger partial charge on any atom is 0.290 e. The standard InChI is InChI=1S/C20H25N3O5/c1-20(2)12-15(14-10-13(25-3)4-5-16(14)27-20)21-19(24)17-11-18(22-28-17)23-6-8-26-9-7-23/h4-5,10-11,15H,6-9,12H2,1-3H3,(H,21,24). The molecule has 0 spiro atoms. The number of carbonyl (C=O) groups excluding carboxylic acids is 1. The summed E-state index contributed by atoms with van der Waals surface area (Å²) in [6.45, 7) is 6.76. The first-order chi connectivity index (χ1) is 13.4. The Kier molecular flexibility index (Phi) is 4.89. The molecule has 8 heteroatoms. The number of methoxy groups -OCH3 is 1. The van der Waals surface area contributed by atoms with Crippen molar-refractivity contribution >= 4 is 11.7 Å². The summed E-state index contributed by atoms with van der Waals surface area (Å²) >= 11 is 0. The highest BCUT2D eigenvalue weighted by Gasteiger charge is 2.35. The number of nitrogens with zero attached hydrogens (tertiary/aromatic N) is 2. The fourth-order valence-corrected chi connectivity index (χ4v) is 3.63. The van der Waals surface area contributed by atoms with Gasteiger partial charge in [-0.05, 0) is 32.0 Å². The highest BCUT2D eigenvalue weighted by molar-refractivity contribution is 5.92. The number of hydrogen-bond donors (Lipinski definition) is 1. The minimum atomic E-state index is -0.403. The lowest BCUT2D eigenvalue weighted by Gasteiger charge is -2.37. The smallest absolute Gasteiger partial charge is 0.290 e. The lowest BCUT2D eigenvalue weighted by molar-refractivity contribution is 0.0607. The minimum Gasteiger partial charge on any atom is -0.497 e. The zero-order chi connectivity index (χ0) is 19.7. The number of aromatic nitrogens is 1. The monoisotopic (exact) mass is 387 g/mol. The molecule has 2 aromatic rings. The van der Waals surface area contributed by atoms with Crippen molar-refractivity contribution in [1.82, 2.24) is 10.5 Å². The highest BCUT2D eigenvalue weighted by Crippen LogP contribution is 2.41. The number of amides is 1. The number of hydrogen-bond acceptors (Lipinski definition) is 7. The van der Waals surface area contributed by atoms with E-state index in [1.54, 1.807) is 13.2 Å². The molecule has 0 bridgehead atoms. The van der Waals surface area contributed by atoms with Crippen molar-refractivity contribution in [2.45, 2.75) is 31.9 Å². The van der Waals surface area contributed by atoms with E-state index in [4.69, 9.17) is 18.7 Å². The summed E-state index contributed by atoms with van der Waals surface area (Å²) in [5, 5.41) is 7.11. The van der Waals surface area contributed by atoms with Crippen LogP contribution >= 0.6 is 0 Å². The molecular formula is C20H25N3O5. The predicted molar refractivity (Wildman–Crippen MR) is 102 cm³/mol. The van der Waals surface area contributed by atoms with Gasteiger partial charge in [-0.25, -0.2) is 0 Å². The van der Waals surface area contributed by atoms with Gasteiger partial charge in [-0.3, -0.25) is 4.79 Å². The van der Waals surface area contributed by atoms with Gasteiger partial charge in [0.05, 0.1) is 26.4 Å². The van der Waals surface area contributed by atoms with Gasteiger partial charge in [0.15, 0.2) is 5.82 Å². The Bertz CT molecular complexity index is 857. The van der Waals surface area contributed by atoms with Gasteiger partial charge in [-0.1, -0.05) is 5.16 Å². The van der Waals surface area contributed by atoms with E-state index >= 15 is 0 Å². The molecule has 1 aromatic heterocycles. The Morgan fingerprint density at radius 2 is 2.07 bits per heavy atom. The largest absolute Gasteiger partial charge is 0.497 e. The van der Waals surface area contributed by atoms with Gasteiger partial charge in [0.1, 0.15) is 17.1 Å². The van der Waals surface area contributed by atoms with Gasteiger partial charge in [-0.2, -0.15) is 0 Å². The van der Waals surface area contributed by atoms with Crippen LogP contribution in [0.5, 0.6) is 11.5 Å². The van der Waals surface area contributed by atoms with Crippen LogP contribution in [0.4, 0.5) is 5.82 Å². The second-order valence-corrected chi connectivity index (χ2v) is 7.64. The highest BCUT2D eigenvalue weighted by atomic mass is 16.5. The number of benzene rings is 1. The molecule has 1 fully saturated rings. The first-order valence-corrected chi connectivity index (χ1v) is 9.42. The van der Waals surface area contributed by atoms with Crippen molar-refractivity contribution in [3.05, 3.63) is 35.6 Å². The predicted octanol–water partition coefficient (Wildman–Crippen LogP) is 2.55. The number of anilines is 1. The molecule has 1 aromatic carbocycles. The number of nitrogens with one attached hydrogen (secondary N) is 1. The molecule has 0 aliphatic carbocycles. The van der Waals surface area contributed by atoms with Crippen molar-refractivity contribution in [2.24, 2.45) is 0 Å². The van der Waals surface area contributed by atoms with Crippen LogP contribution < -0.4 is 19.7 Å². The third-order valence-corrected chi connectivity index (χ3v) is 5.04. The molecule has 150 valence electrons. The molecule has 3 heterocycles. The molecule has 0 radical (unpaired) electrons. The van der Waals surface area contributed by atoms with Crippen LogP contribution in [-0.4, -0.2) is 50.1 Å². The molecule has 1 unspecified atom stereocenters. The third-order valence-electron chi connectivity index (χ3n) is 5.04. The van der Waals surface area contributed by atoms with Crippen LogP contribution in [-0.2, 0) is 4.74 Å². The van der Waals surface area contributed by atoms with Crippen LogP contribution in [0.25, 0.3) is 0 Å². The molecule has 28 heavy (non-hydrogen) atoms. The van der Waals surface area contributed by atoms with E-state index in [0.29, 0.717) is 25.5 Å². The van der Waals surface area contributed by atoms with E-state index < -0.39 is 5.60 Å². The van der Waals surface area contributed by atoms with E-state index in [0.717, 1.165) is 30.2 Å². The molecule has 1 saturated heterocycles. The van der Waals surface area contributed by atoms with E-state index in [2.05, 4.69) is 10.5 Å². The number of fused-ring (bicyclic) bond motifs is 1. The summed E-state index contributed by atoms with van der Waals surface area (Å²) in [5.41, 5.74) is 0.486. The molecule has 2 aliphatic heterocycles. The third kappa shape index (κ3) is 3.77. The van der Waals surface area contributed by atoms with Crippen LogP contribution in [0.2, 0.25) is 0 Å². The summed E-state index contributed by atoms with van der Waals surface area (Å²) in [6.07, 6.45) is 0.628. The molecular weight excluding hydrogens is 362 g/mol. The maximum atomic E-state index is 12.8. The molecule has 4 rings (SSSR count). The van der Waals surface area contributed by atoms with Gasteiger partial charge in [0, 0.05) is 31.1 Å². The summed E-state index contributed by atoms with van der Waals surface area (Å²) < 4.78 is 22.0. The lowest BCUT2D eigenvalue weighted by atomic mass is 9.89. The minimum absolute atomic E-state index is 0.190. The molecule has 2 aliphatic rings. The first-order valence-electron chi connectivity index (χ1n) is 9.42. The second-order valence-electron chi connectivity index (χ2n) is 7.64. The maximum absolute atomic E-state index is 12.8. The normalized spacial score (nSPS) is 20.8. The summed E-state index contributed by atoms with van der Waals surface area (Å²) in [6, 6.07) is 7.08. The lowest BCUT2D eigenvalue weighted by Crippen LogP contribution is -2.41.